The summed E-state index contributed by atoms with van der Waals surface area (Å²) in [5.41, 5.74) is 5.20. The molecule has 0 saturated carbocycles. The van der Waals surface area contributed by atoms with E-state index in [1.807, 2.05) is 0 Å². The summed E-state index contributed by atoms with van der Waals surface area (Å²) in [6.07, 6.45) is -3.53. The summed E-state index contributed by atoms with van der Waals surface area (Å²) in [5, 5.41) is 29.1. The van der Waals surface area contributed by atoms with Gasteiger partial charge in [0.25, 0.3) is 5.56 Å². The van der Waals surface area contributed by atoms with Crippen molar-refractivity contribution in [3.63, 3.8) is 0 Å². The number of esters is 1. The van der Waals surface area contributed by atoms with Crippen molar-refractivity contribution < 1.29 is 29.6 Å². The molecule has 140 valence electrons. The molecule has 2 aromatic rings. The van der Waals surface area contributed by atoms with Crippen LogP contribution in [0.2, 0.25) is 0 Å². The van der Waals surface area contributed by atoms with E-state index in [1.165, 1.54) is 10.9 Å². The summed E-state index contributed by atoms with van der Waals surface area (Å²) in [6, 6.07) is 0.967. The maximum atomic E-state index is 11.8. The molecule has 6 N–H and O–H groups in total. The number of hydrogen-bond donors (Lipinski definition) is 5. The van der Waals surface area contributed by atoms with E-state index in [1.54, 1.807) is 0 Å². The lowest BCUT2D eigenvalue weighted by atomic mass is 10.1. The summed E-state index contributed by atoms with van der Waals surface area (Å²) < 4.78 is 11.1. The SMILES string of the molecule is COC(=O)c1cc(=O)[nH]c(-c2ncn([C@@H]3O[C@H](CO)[C@@H](O)[C@H]3O)c2N)n1. The first-order valence-corrected chi connectivity index (χ1v) is 7.52. The molecule has 0 amide bonds. The zero-order valence-electron chi connectivity index (χ0n) is 13.6. The predicted molar refractivity (Wildman–Crippen MR) is 84.8 cm³/mol. The molecule has 4 atom stereocenters. The van der Waals surface area contributed by atoms with Crippen molar-refractivity contribution >= 4 is 11.8 Å². The Labute approximate surface area is 145 Å². The van der Waals surface area contributed by atoms with Crippen LogP contribution in [0.4, 0.5) is 5.82 Å². The van der Waals surface area contributed by atoms with Crippen molar-refractivity contribution in [2.24, 2.45) is 0 Å². The highest BCUT2D eigenvalue weighted by molar-refractivity contribution is 5.87. The van der Waals surface area contributed by atoms with Crippen molar-refractivity contribution in [2.45, 2.75) is 24.5 Å². The van der Waals surface area contributed by atoms with Crippen LogP contribution in [-0.4, -0.2) is 72.8 Å². The largest absolute Gasteiger partial charge is 0.464 e. The molecule has 0 radical (unpaired) electrons. The molecule has 12 heteroatoms. The van der Waals surface area contributed by atoms with E-state index < -0.39 is 42.7 Å². The Balaban J connectivity index is 1.99. The van der Waals surface area contributed by atoms with Crippen LogP contribution in [0.15, 0.2) is 17.2 Å². The van der Waals surface area contributed by atoms with E-state index in [9.17, 15) is 19.8 Å². The number of H-pyrrole nitrogens is 1. The Morgan fingerprint density at radius 2 is 2.19 bits per heavy atom. The number of hydrogen-bond acceptors (Lipinski definition) is 10. The van der Waals surface area contributed by atoms with Gasteiger partial charge in [-0.25, -0.2) is 14.8 Å². The molecule has 0 unspecified atom stereocenters. The summed E-state index contributed by atoms with van der Waals surface area (Å²) in [4.78, 5) is 33.7. The van der Waals surface area contributed by atoms with Crippen LogP contribution >= 0.6 is 0 Å². The Bertz CT molecular complexity index is 879. The number of anilines is 1. The van der Waals surface area contributed by atoms with Gasteiger partial charge in [0.15, 0.2) is 17.7 Å². The number of aliphatic hydroxyl groups excluding tert-OH is 3. The number of aliphatic hydroxyl groups is 3. The predicted octanol–water partition coefficient (Wildman–Crippen LogP) is -2.39. The lowest BCUT2D eigenvalue weighted by molar-refractivity contribution is -0.0517. The molecule has 3 rings (SSSR count). The zero-order valence-corrected chi connectivity index (χ0v) is 13.6. The fourth-order valence-electron chi connectivity index (χ4n) is 2.64. The second-order valence-electron chi connectivity index (χ2n) is 5.59. The average Bonchev–Trinajstić information content (AvgIpc) is 3.14. The maximum absolute atomic E-state index is 11.8. The van der Waals surface area contributed by atoms with Gasteiger partial charge in [0.05, 0.1) is 20.0 Å². The molecule has 1 aliphatic rings. The Hall–Kier alpha value is -2.80. The molecule has 1 fully saturated rings. The number of aromatic nitrogens is 4. The van der Waals surface area contributed by atoms with Gasteiger partial charge >= 0.3 is 5.97 Å². The van der Waals surface area contributed by atoms with Crippen LogP contribution in [0.1, 0.15) is 16.7 Å². The molecular formula is C14H17N5O7. The number of aromatic amines is 1. The first-order chi connectivity index (χ1) is 12.4. The first-order valence-electron chi connectivity index (χ1n) is 7.52. The van der Waals surface area contributed by atoms with Gasteiger partial charge in [0, 0.05) is 6.07 Å². The second-order valence-corrected chi connectivity index (χ2v) is 5.59. The minimum Gasteiger partial charge on any atom is -0.464 e. The van der Waals surface area contributed by atoms with E-state index in [0.717, 1.165) is 13.2 Å². The number of nitrogens with zero attached hydrogens (tertiary/aromatic N) is 3. The molecule has 2 aromatic heterocycles. The van der Waals surface area contributed by atoms with Gasteiger partial charge in [-0.05, 0) is 0 Å². The van der Waals surface area contributed by atoms with E-state index in [-0.39, 0.29) is 23.0 Å². The third kappa shape index (κ3) is 2.94. The minimum absolute atomic E-state index is 0.0330. The van der Waals surface area contributed by atoms with E-state index in [2.05, 4.69) is 19.7 Å². The molecule has 0 aromatic carbocycles. The third-order valence-corrected chi connectivity index (χ3v) is 3.98. The normalized spacial score (nSPS) is 25.4. The van der Waals surface area contributed by atoms with Crippen molar-refractivity contribution in [3.8, 4) is 11.5 Å². The minimum atomic E-state index is -1.36. The number of imidazole rings is 1. The van der Waals surface area contributed by atoms with Crippen molar-refractivity contribution in [1.29, 1.82) is 0 Å². The first kappa shape index (κ1) is 18.0. The van der Waals surface area contributed by atoms with E-state index in [4.69, 9.17) is 15.6 Å². The van der Waals surface area contributed by atoms with Gasteiger partial charge < -0.3 is 35.5 Å². The number of carbonyl (C=O) groups excluding carboxylic acids is 1. The van der Waals surface area contributed by atoms with Gasteiger partial charge in [0.2, 0.25) is 0 Å². The number of nitrogens with one attached hydrogen (secondary N) is 1. The highest BCUT2D eigenvalue weighted by atomic mass is 16.6. The van der Waals surface area contributed by atoms with Crippen LogP contribution in [0.3, 0.4) is 0 Å². The highest BCUT2D eigenvalue weighted by Crippen LogP contribution is 2.33. The summed E-state index contributed by atoms with van der Waals surface area (Å²) in [7, 11) is 1.15. The molecule has 1 saturated heterocycles. The Morgan fingerprint density at radius 3 is 2.81 bits per heavy atom. The van der Waals surface area contributed by atoms with Crippen molar-refractivity contribution in [3.05, 3.63) is 28.4 Å². The summed E-state index contributed by atoms with van der Waals surface area (Å²) >= 11 is 0. The molecule has 0 bridgehead atoms. The van der Waals surface area contributed by atoms with Gasteiger partial charge in [-0.2, -0.15) is 0 Å². The van der Waals surface area contributed by atoms with Gasteiger partial charge in [0.1, 0.15) is 29.8 Å². The fraction of sp³-hybridized carbons (Fsp3) is 0.429. The van der Waals surface area contributed by atoms with Gasteiger partial charge in [-0.15, -0.1) is 0 Å². The standard InChI is InChI=1S/C14H17N5O7/c1-25-14(24)5-2-7(21)18-12(17-5)8-11(15)19(4-16-8)13-10(23)9(22)6(3-20)26-13/h2,4,6,9-10,13,20,22-23H,3,15H2,1H3,(H,17,18,21)/t6-,9-,10-,13-/m1/s1. The lowest BCUT2D eigenvalue weighted by Crippen LogP contribution is -2.33. The number of carbonyl (C=O) groups is 1. The topological polar surface area (TPSA) is 186 Å². The van der Waals surface area contributed by atoms with Crippen molar-refractivity contribution in [2.75, 3.05) is 19.5 Å². The zero-order chi connectivity index (χ0) is 19.0. The fourth-order valence-corrected chi connectivity index (χ4v) is 2.64. The Kier molecular flexibility index (Phi) is 4.73. The molecule has 0 aliphatic carbocycles. The van der Waals surface area contributed by atoms with Gasteiger partial charge in [-0.3, -0.25) is 9.36 Å². The van der Waals surface area contributed by atoms with Crippen LogP contribution in [0, 0.1) is 0 Å². The average molecular weight is 367 g/mol. The van der Waals surface area contributed by atoms with Crippen LogP contribution in [0.5, 0.6) is 0 Å². The van der Waals surface area contributed by atoms with Crippen molar-refractivity contribution in [1.82, 2.24) is 19.5 Å². The van der Waals surface area contributed by atoms with Crippen LogP contribution < -0.4 is 11.3 Å². The monoisotopic (exact) mass is 367 g/mol. The van der Waals surface area contributed by atoms with E-state index >= 15 is 0 Å². The van der Waals surface area contributed by atoms with E-state index in [0.29, 0.717) is 0 Å². The number of nitrogen functional groups attached to an aromatic ring is 1. The number of ether oxygens (including phenoxy) is 2. The smallest absolute Gasteiger partial charge is 0.356 e. The quantitative estimate of drug-likeness (QED) is 0.365. The maximum Gasteiger partial charge on any atom is 0.356 e. The summed E-state index contributed by atoms with van der Waals surface area (Å²) in [5.74, 6) is -0.926. The second kappa shape index (κ2) is 6.84. The Morgan fingerprint density at radius 1 is 1.46 bits per heavy atom. The van der Waals surface area contributed by atoms with Crippen LogP contribution in [-0.2, 0) is 9.47 Å². The molecule has 26 heavy (non-hydrogen) atoms. The third-order valence-electron chi connectivity index (χ3n) is 3.98. The van der Waals surface area contributed by atoms with Crippen LogP contribution in [0.25, 0.3) is 11.5 Å². The number of nitrogens with two attached hydrogens (primary N) is 1. The molecular weight excluding hydrogens is 350 g/mol. The molecule has 0 spiro atoms. The highest BCUT2D eigenvalue weighted by Gasteiger charge is 2.44. The lowest BCUT2D eigenvalue weighted by Gasteiger charge is -2.17. The summed E-state index contributed by atoms with van der Waals surface area (Å²) in [6.45, 7) is -0.494. The van der Waals surface area contributed by atoms with Gasteiger partial charge in [-0.1, -0.05) is 0 Å². The molecule has 3 heterocycles. The number of methoxy groups -OCH3 is 1. The molecule has 1 aliphatic heterocycles. The molecule has 12 nitrogen and oxygen atoms in total. The number of rotatable bonds is 4.